The van der Waals surface area contributed by atoms with Crippen molar-refractivity contribution in [3.8, 4) is 0 Å². The molecule has 0 bridgehead atoms. The fourth-order valence-corrected chi connectivity index (χ4v) is 3.18. The third-order valence-electron chi connectivity index (χ3n) is 2.61. The average molecular weight is 287 g/mol. The maximum absolute atomic E-state index is 12.3. The summed E-state index contributed by atoms with van der Waals surface area (Å²) in [6.45, 7) is 5.50. The molecule has 0 amide bonds. The number of aryl methyl sites for hydroxylation is 1. The lowest BCUT2D eigenvalue weighted by molar-refractivity contribution is -0.0276. The Bertz CT molecular complexity index is 630. The molecule has 0 aromatic carbocycles. The Labute approximate surface area is 110 Å². The van der Waals surface area contributed by atoms with E-state index in [0.717, 1.165) is 10.5 Å². The number of nitrogens with zero attached hydrogens (tertiary/aromatic N) is 1. The number of sulfonamides is 1. The minimum absolute atomic E-state index is 0.0546. The first-order valence-electron chi connectivity index (χ1n) is 5.54. The molecule has 0 saturated carbocycles. The Balaban J connectivity index is 2.45. The maximum Gasteiger partial charge on any atom is 0.371 e. The van der Waals surface area contributed by atoms with Gasteiger partial charge in [-0.2, -0.15) is 0 Å². The zero-order chi connectivity index (χ0) is 14.2. The molecule has 0 radical (unpaired) electrons. The summed E-state index contributed by atoms with van der Waals surface area (Å²) in [5, 5.41) is 8.84. The Morgan fingerprint density at radius 1 is 1.58 bits per heavy atom. The van der Waals surface area contributed by atoms with Gasteiger partial charge in [-0.1, -0.05) is 18.0 Å². The molecule has 0 spiro atoms. The van der Waals surface area contributed by atoms with E-state index in [1.807, 2.05) is 0 Å². The van der Waals surface area contributed by atoms with Crippen molar-refractivity contribution in [3.63, 3.8) is 0 Å². The van der Waals surface area contributed by atoms with Crippen molar-refractivity contribution in [2.75, 3.05) is 13.2 Å². The molecule has 1 aromatic heterocycles. The van der Waals surface area contributed by atoms with Crippen molar-refractivity contribution in [3.05, 3.63) is 29.7 Å². The van der Waals surface area contributed by atoms with Crippen molar-refractivity contribution >= 4 is 16.0 Å². The van der Waals surface area contributed by atoms with Crippen LogP contribution in [-0.4, -0.2) is 37.1 Å². The third-order valence-corrected chi connectivity index (χ3v) is 4.29. The average Bonchev–Trinajstić information content (AvgIpc) is 2.94. The van der Waals surface area contributed by atoms with Crippen LogP contribution < -0.4 is 0 Å². The van der Waals surface area contributed by atoms with E-state index in [1.165, 1.54) is 0 Å². The Morgan fingerprint density at radius 2 is 2.26 bits per heavy atom. The SMILES string of the molecule is C=C1CON(S(=O)(=O)c2cc(C(=O)O)oc2CC)C1. The Kier molecular flexibility index (Phi) is 3.48. The molecule has 19 heavy (non-hydrogen) atoms. The van der Waals surface area contributed by atoms with Gasteiger partial charge in [-0.25, -0.2) is 13.2 Å². The lowest BCUT2D eigenvalue weighted by atomic mass is 10.3. The molecule has 0 aliphatic carbocycles. The monoisotopic (exact) mass is 287 g/mol. The number of hydroxylamine groups is 1. The largest absolute Gasteiger partial charge is 0.475 e. The molecule has 2 heterocycles. The lowest BCUT2D eigenvalue weighted by Gasteiger charge is -2.13. The molecule has 1 N–H and O–H groups in total. The van der Waals surface area contributed by atoms with E-state index < -0.39 is 21.8 Å². The molecular weight excluding hydrogens is 274 g/mol. The van der Waals surface area contributed by atoms with Crippen molar-refractivity contribution in [1.29, 1.82) is 0 Å². The van der Waals surface area contributed by atoms with Gasteiger partial charge in [0.1, 0.15) is 10.7 Å². The topological polar surface area (TPSA) is 97.0 Å². The maximum atomic E-state index is 12.3. The van der Waals surface area contributed by atoms with Gasteiger partial charge >= 0.3 is 5.97 Å². The van der Waals surface area contributed by atoms with Crippen LogP contribution in [0.4, 0.5) is 0 Å². The summed E-state index contributed by atoms with van der Waals surface area (Å²) in [6, 6.07) is 1.00. The van der Waals surface area contributed by atoms with Crippen molar-refractivity contribution in [1.82, 2.24) is 4.47 Å². The molecular formula is C11H13NO6S. The normalized spacial score (nSPS) is 17.0. The van der Waals surface area contributed by atoms with E-state index >= 15 is 0 Å². The third kappa shape index (κ3) is 2.42. The van der Waals surface area contributed by atoms with Crippen LogP contribution in [0.2, 0.25) is 0 Å². The number of hydrogen-bond donors (Lipinski definition) is 1. The van der Waals surface area contributed by atoms with Crippen LogP contribution in [0.1, 0.15) is 23.2 Å². The lowest BCUT2D eigenvalue weighted by Crippen LogP contribution is -2.27. The molecule has 1 aliphatic rings. The van der Waals surface area contributed by atoms with Crippen molar-refractivity contribution < 1.29 is 27.6 Å². The van der Waals surface area contributed by atoms with Gasteiger partial charge in [-0.3, -0.25) is 4.84 Å². The minimum Gasteiger partial charge on any atom is -0.475 e. The van der Waals surface area contributed by atoms with E-state index in [9.17, 15) is 13.2 Å². The number of rotatable bonds is 4. The number of aromatic carboxylic acids is 1. The summed E-state index contributed by atoms with van der Waals surface area (Å²) in [6.07, 6.45) is 0.261. The molecule has 0 unspecified atom stereocenters. The van der Waals surface area contributed by atoms with Crippen LogP contribution in [0.3, 0.4) is 0 Å². The second-order valence-electron chi connectivity index (χ2n) is 4.05. The molecule has 8 heteroatoms. The zero-order valence-electron chi connectivity index (χ0n) is 10.2. The van der Waals surface area contributed by atoms with Gasteiger partial charge < -0.3 is 9.52 Å². The van der Waals surface area contributed by atoms with Gasteiger partial charge in [0.25, 0.3) is 10.0 Å². The Morgan fingerprint density at radius 3 is 2.74 bits per heavy atom. The minimum atomic E-state index is -3.93. The van der Waals surface area contributed by atoms with E-state index in [-0.39, 0.29) is 30.2 Å². The Hall–Kier alpha value is -1.64. The van der Waals surface area contributed by atoms with Gasteiger partial charge in [-0.15, -0.1) is 0 Å². The molecule has 1 saturated heterocycles. The number of carboxylic acids is 1. The number of hydrogen-bond acceptors (Lipinski definition) is 5. The van der Waals surface area contributed by atoms with Crippen LogP contribution in [0.25, 0.3) is 0 Å². The van der Waals surface area contributed by atoms with Gasteiger partial charge in [-0.05, 0) is 5.57 Å². The quantitative estimate of drug-likeness (QED) is 0.831. The van der Waals surface area contributed by atoms with Crippen LogP contribution in [-0.2, 0) is 21.3 Å². The van der Waals surface area contributed by atoms with E-state index in [1.54, 1.807) is 6.92 Å². The standard InChI is InChI=1S/C11H13NO6S/c1-3-8-10(4-9(18-8)11(13)14)19(15,16)12-5-7(2)6-17-12/h4H,2-3,5-6H2,1H3,(H,13,14). The summed E-state index contributed by atoms with van der Waals surface area (Å²) in [5.74, 6) is -1.63. The number of carboxylic acid groups (broad SMARTS) is 1. The summed E-state index contributed by atoms with van der Waals surface area (Å²) < 4.78 is 30.4. The predicted molar refractivity (Wildman–Crippen MR) is 64.0 cm³/mol. The van der Waals surface area contributed by atoms with E-state index in [0.29, 0.717) is 5.57 Å². The molecule has 1 aromatic rings. The highest BCUT2D eigenvalue weighted by Gasteiger charge is 2.34. The van der Waals surface area contributed by atoms with Crippen LogP contribution in [0.5, 0.6) is 0 Å². The molecule has 104 valence electrons. The van der Waals surface area contributed by atoms with Crippen molar-refractivity contribution in [2.24, 2.45) is 0 Å². The second-order valence-corrected chi connectivity index (χ2v) is 5.84. The zero-order valence-corrected chi connectivity index (χ0v) is 11.1. The van der Waals surface area contributed by atoms with E-state index in [4.69, 9.17) is 14.4 Å². The first kappa shape index (κ1) is 13.8. The van der Waals surface area contributed by atoms with Gasteiger partial charge in [0.15, 0.2) is 0 Å². The molecule has 7 nitrogen and oxygen atoms in total. The second kappa shape index (κ2) is 4.80. The number of furan rings is 1. The summed E-state index contributed by atoms with van der Waals surface area (Å²) >= 11 is 0. The number of carbonyl (C=O) groups is 1. The fraction of sp³-hybridized carbons (Fsp3) is 0.364. The van der Waals surface area contributed by atoms with E-state index in [2.05, 4.69) is 6.58 Å². The fourth-order valence-electron chi connectivity index (χ4n) is 1.68. The molecule has 2 rings (SSSR count). The molecule has 1 fully saturated rings. The van der Waals surface area contributed by atoms with Gasteiger partial charge in [0.2, 0.25) is 5.76 Å². The molecule has 0 atom stereocenters. The van der Waals surface area contributed by atoms with Crippen LogP contribution >= 0.6 is 0 Å². The smallest absolute Gasteiger partial charge is 0.371 e. The summed E-state index contributed by atoms with van der Waals surface area (Å²) in [4.78, 5) is 15.7. The van der Waals surface area contributed by atoms with Gasteiger partial charge in [0.05, 0.1) is 13.2 Å². The molecule has 1 aliphatic heterocycles. The highest BCUT2D eigenvalue weighted by atomic mass is 32.2. The van der Waals surface area contributed by atoms with Gasteiger partial charge in [0, 0.05) is 12.5 Å². The van der Waals surface area contributed by atoms with Crippen molar-refractivity contribution in [2.45, 2.75) is 18.2 Å². The summed E-state index contributed by atoms with van der Waals surface area (Å²) in [5.41, 5.74) is 0.628. The first-order chi connectivity index (χ1) is 8.86. The highest BCUT2D eigenvalue weighted by Crippen LogP contribution is 2.27. The van der Waals surface area contributed by atoms with Crippen LogP contribution in [0.15, 0.2) is 27.5 Å². The highest BCUT2D eigenvalue weighted by molar-refractivity contribution is 7.89. The summed E-state index contributed by atoms with van der Waals surface area (Å²) in [7, 11) is -3.93. The van der Waals surface area contributed by atoms with Crippen LogP contribution in [0, 0.1) is 0 Å². The first-order valence-corrected chi connectivity index (χ1v) is 6.98. The predicted octanol–water partition coefficient (Wildman–Crippen LogP) is 1.03.